The third-order valence-electron chi connectivity index (χ3n) is 3.27. The largest absolute Gasteiger partial charge is 0.497 e. The average molecular weight is 343 g/mol. The molecule has 2 aromatic rings. The van der Waals surface area contributed by atoms with Crippen LogP contribution in [0.4, 0.5) is 5.69 Å². The molecule has 8 heteroatoms. The fraction of sp³-hybridized carbons (Fsp3) is 0.176. The number of amides is 1. The van der Waals surface area contributed by atoms with Gasteiger partial charge in [0.05, 0.1) is 23.3 Å². The number of para-hydroxylation sites is 1. The van der Waals surface area contributed by atoms with Crippen molar-refractivity contribution in [1.29, 1.82) is 0 Å². The van der Waals surface area contributed by atoms with E-state index in [1.807, 2.05) is 0 Å². The number of hydrogen-bond acceptors (Lipinski definition) is 6. The van der Waals surface area contributed by atoms with E-state index in [9.17, 15) is 14.9 Å². The lowest BCUT2D eigenvalue weighted by molar-refractivity contribution is -0.385. The highest BCUT2D eigenvalue weighted by molar-refractivity contribution is 6.02. The van der Waals surface area contributed by atoms with E-state index in [2.05, 4.69) is 10.5 Å². The normalized spacial score (nSPS) is 10.9. The second-order valence-electron chi connectivity index (χ2n) is 4.97. The maximum Gasteiger partial charge on any atom is 0.278 e. The molecule has 0 fully saturated rings. The van der Waals surface area contributed by atoms with Gasteiger partial charge in [-0.05, 0) is 37.3 Å². The second-order valence-corrected chi connectivity index (χ2v) is 4.97. The summed E-state index contributed by atoms with van der Waals surface area (Å²) in [5.41, 5.74) is 2.90. The number of methoxy groups -OCH3 is 1. The molecule has 0 atom stereocenters. The number of hydrazone groups is 1. The van der Waals surface area contributed by atoms with Gasteiger partial charge in [-0.15, -0.1) is 0 Å². The second kappa shape index (κ2) is 8.44. The van der Waals surface area contributed by atoms with Crippen LogP contribution >= 0.6 is 0 Å². The van der Waals surface area contributed by atoms with Gasteiger partial charge < -0.3 is 9.47 Å². The molecule has 8 nitrogen and oxygen atoms in total. The zero-order valence-electron chi connectivity index (χ0n) is 13.8. The highest BCUT2D eigenvalue weighted by Crippen LogP contribution is 2.18. The summed E-state index contributed by atoms with van der Waals surface area (Å²) in [7, 11) is 1.56. The van der Waals surface area contributed by atoms with E-state index in [-0.39, 0.29) is 12.3 Å². The van der Waals surface area contributed by atoms with E-state index < -0.39 is 10.8 Å². The average Bonchev–Trinajstić information content (AvgIpc) is 2.64. The van der Waals surface area contributed by atoms with E-state index in [4.69, 9.17) is 9.47 Å². The number of nitro groups is 1. The predicted molar refractivity (Wildman–Crippen MR) is 91.9 cm³/mol. The van der Waals surface area contributed by atoms with Crippen molar-refractivity contribution in [3.63, 3.8) is 0 Å². The minimum atomic E-state index is -0.497. The highest BCUT2D eigenvalue weighted by atomic mass is 16.6. The van der Waals surface area contributed by atoms with Crippen molar-refractivity contribution in [2.24, 2.45) is 5.10 Å². The molecule has 2 rings (SSSR count). The summed E-state index contributed by atoms with van der Waals surface area (Å²) in [6, 6.07) is 12.9. The Morgan fingerprint density at radius 3 is 2.44 bits per heavy atom. The Labute approximate surface area is 144 Å². The van der Waals surface area contributed by atoms with Crippen molar-refractivity contribution < 1.29 is 19.2 Å². The van der Waals surface area contributed by atoms with E-state index in [1.165, 1.54) is 6.07 Å². The van der Waals surface area contributed by atoms with Crippen LogP contribution in [-0.4, -0.2) is 30.3 Å². The molecule has 1 N–H and O–H groups in total. The smallest absolute Gasteiger partial charge is 0.278 e. The highest BCUT2D eigenvalue weighted by Gasteiger charge is 2.14. The molecule has 2 aromatic carbocycles. The first-order chi connectivity index (χ1) is 12.0. The minimum Gasteiger partial charge on any atom is -0.497 e. The van der Waals surface area contributed by atoms with Crippen LogP contribution in [0, 0.1) is 10.1 Å². The summed E-state index contributed by atoms with van der Waals surface area (Å²) in [6.07, 6.45) is 0. The summed E-state index contributed by atoms with van der Waals surface area (Å²) in [5, 5.41) is 14.9. The van der Waals surface area contributed by atoms with Gasteiger partial charge in [-0.25, -0.2) is 5.43 Å². The summed E-state index contributed by atoms with van der Waals surface area (Å²) in [5.74, 6) is 0.714. The van der Waals surface area contributed by atoms with E-state index >= 15 is 0 Å². The summed E-state index contributed by atoms with van der Waals surface area (Å²) in [4.78, 5) is 22.3. The summed E-state index contributed by atoms with van der Waals surface area (Å²) >= 11 is 0. The quantitative estimate of drug-likeness (QED) is 0.473. The number of hydrogen-bond donors (Lipinski definition) is 1. The van der Waals surface area contributed by atoms with Gasteiger partial charge in [0, 0.05) is 6.07 Å². The number of nitrogens with one attached hydrogen (secondary N) is 1. The van der Waals surface area contributed by atoms with E-state index in [0.29, 0.717) is 22.8 Å². The molecule has 0 radical (unpaired) electrons. The first kappa shape index (κ1) is 17.9. The molecule has 0 heterocycles. The van der Waals surface area contributed by atoms with Crippen LogP contribution in [-0.2, 0) is 4.79 Å². The maximum atomic E-state index is 11.8. The Hall–Kier alpha value is -3.42. The molecule has 0 saturated heterocycles. The first-order valence-corrected chi connectivity index (χ1v) is 7.35. The van der Waals surface area contributed by atoms with Gasteiger partial charge in [0.25, 0.3) is 11.6 Å². The molecule has 0 spiro atoms. The molecule has 0 aliphatic heterocycles. The molecular weight excluding hydrogens is 326 g/mol. The SMILES string of the molecule is COc1ccc(OCC(=O)N/N=C(/C)c2ccccc2[N+](=O)[O-])cc1. The molecule has 130 valence electrons. The minimum absolute atomic E-state index is 0.0764. The van der Waals surface area contributed by atoms with Crippen molar-refractivity contribution in [3.8, 4) is 11.5 Å². The number of ether oxygens (including phenoxy) is 2. The summed E-state index contributed by atoms with van der Waals surface area (Å²) in [6.45, 7) is 1.34. The van der Waals surface area contributed by atoms with Crippen LogP contribution < -0.4 is 14.9 Å². The van der Waals surface area contributed by atoms with Crippen LogP contribution in [0.15, 0.2) is 53.6 Å². The standard InChI is InChI=1S/C17H17N3O5/c1-12(15-5-3-4-6-16(15)20(22)23)18-19-17(21)11-25-14-9-7-13(24-2)8-10-14/h3-10H,11H2,1-2H3,(H,19,21)/b18-12-. The Morgan fingerprint density at radius 2 is 1.80 bits per heavy atom. The van der Waals surface area contributed by atoms with E-state index in [1.54, 1.807) is 56.5 Å². The van der Waals surface area contributed by atoms with Crippen LogP contribution in [0.1, 0.15) is 12.5 Å². The lowest BCUT2D eigenvalue weighted by atomic mass is 10.1. The molecule has 1 amide bonds. The van der Waals surface area contributed by atoms with Gasteiger partial charge in [0.1, 0.15) is 11.5 Å². The van der Waals surface area contributed by atoms with Gasteiger partial charge >= 0.3 is 0 Å². The van der Waals surface area contributed by atoms with Crippen LogP contribution in [0.3, 0.4) is 0 Å². The molecular formula is C17H17N3O5. The Morgan fingerprint density at radius 1 is 1.16 bits per heavy atom. The Bertz CT molecular complexity index is 787. The zero-order valence-corrected chi connectivity index (χ0v) is 13.8. The molecule has 0 aliphatic carbocycles. The van der Waals surface area contributed by atoms with Crippen molar-refractivity contribution in [3.05, 3.63) is 64.2 Å². The fourth-order valence-corrected chi connectivity index (χ4v) is 2.00. The Kier molecular flexibility index (Phi) is 6.05. The van der Waals surface area contributed by atoms with Gasteiger partial charge in [-0.1, -0.05) is 12.1 Å². The molecule has 0 aromatic heterocycles. The monoisotopic (exact) mass is 343 g/mol. The topological polar surface area (TPSA) is 103 Å². The molecule has 0 unspecified atom stereocenters. The van der Waals surface area contributed by atoms with Gasteiger partial charge in [0.15, 0.2) is 6.61 Å². The molecule has 25 heavy (non-hydrogen) atoms. The summed E-state index contributed by atoms with van der Waals surface area (Å²) < 4.78 is 10.3. The number of benzene rings is 2. The first-order valence-electron chi connectivity index (χ1n) is 7.35. The van der Waals surface area contributed by atoms with Gasteiger partial charge in [-0.2, -0.15) is 5.10 Å². The third-order valence-corrected chi connectivity index (χ3v) is 3.27. The molecule has 0 aliphatic rings. The maximum absolute atomic E-state index is 11.8. The third kappa shape index (κ3) is 5.03. The van der Waals surface area contributed by atoms with Crippen molar-refractivity contribution >= 4 is 17.3 Å². The van der Waals surface area contributed by atoms with Crippen LogP contribution in [0.5, 0.6) is 11.5 Å². The fourth-order valence-electron chi connectivity index (χ4n) is 2.00. The van der Waals surface area contributed by atoms with Crippen molar-refractivity contribution in [2.75, 3.05) is 13.7 Å². The number of carbonyl (C=O) groups excluding carboxylic acids is 1. The van der Waals surface area contributed by atoms with Crippen LogP contribution in [0.25, 0.3) is 0 Å². The Balaban J connectivity index is 1.94. The number of nitrogens with zero attached hydrogens (tertiary/aromatic N) is 2. The van der Waals surface area contributed by atoms with Crippen LogP contribution in [0.2, 0.25) is 0 Å². The number of carbonyl (C=O) groups is 1. The van der Waals surface area contributed by atoms with E-state index in [0.717, 1.165) is 0 Å². The molecule has 0 saturated carbocycles. The molecule has 0 bridgehead atoms. The lowest BCUT2D eigenvalue weighted by Gasteiger charge is -2.07. The van der Waals surface area contributed by atoms with Gasteiger partial charge in [0.2, 0.25) is 0 Å². The number of rotatable bonds is 7. The van der Waals surface area contributed by atoms with Crippen molar-refractivity contribution in [2.45, 2.75) is 6.92 Å². The van der Waals surface area contributed by atoms with Gasteiger partial charge in [-0.3, -0.25) is 14.9 Å². The number of nitro benzene ring substituents is 1. The van der Waals surface area contributed by atoms with Crippen molar-refractivity contribution in [1.82, 2.24) is 5.43 Å². The lowest BCUT2D eigenvalue weighted by Crippen LogP contribution is -2.25. The predicted octanol–water partition coefficient (Wildman–Crippen LogP) is 2.52. The zero-order chi connectivity index (χ0) is 18.2.